The van der Waals surface area contributed by atoms with Crippen LogP contribution >= 0.6 is 11.8 Å². The minimum absolute atomic E-state index is 0.101. The maximum Gasteiger partial charge on any atom is 0.252 e. The first-order chi connectivity index (χ1) is 14.4. The largest absolute Gasteiger partial charge is 0.497 e. The number of benzene rings is 1. The smallest absolute Gasteiger partial charge is 0.252 e. The number of nitrogens with one attached hydrogen (secondary N) is 1. The Morgan fingerprint density at radius 1 is 1.10 bits per heavy atom. The van der Waals surface area contributed by atoms with E-state index < -0.39 is 0 Å². The Balaban J connectivity index is 1.93. The van der Waals surface area contributed by atoms with Crippen molar-refractivity contribution >= 4 is 23.5 Å². The number of amides is 1. The third-order valence-corrected chi connectivity index (χ3v) is 6.14. The number of aromatic nitrogens is 4. The molecule has 1 atom stereocenters. The van der Waals surface area contributed by atoms with Gasteiger partial charge in [0.1, 0.15) is 17.3 Å². The van der Waals surface area contributed by atoms with Gasteiger partial charge in [0.15, 0.2) is 0 Å². The topological polar surface area (TPSA) is 91.2 Å². The first-order valence-electron chi connectivity index (χ1n) is 9.46. The second-order valence-corrected chi connectivity index (χ2v) is 8.15. The Bertz CT molecular complexity index is 1110. The molecule has 3 aromatic rings. The molecule has 156 valence electrons. The number of ether oxygens (including phenoxy) is 2. The molecule has 4 rings (SSSR count). The summed E-state index contributed by atoms with van der Waals surface area (Å²) in [6, 6.07) is 7.58. The lowest BCUT2D eigenvalue weighted by atomic mass is 10.0. The van der Waals surface area contributed by atoms with Crippen LogP contribution in [-0.2, 0) is 4.79 Å². The average molecular weight is 426 g/mol. The van der Waals surface area contributed by atoms with Gasteiger partial charge in [-0.05, 0) is 45.0 Å². The van der Waals surface area contributed by atoms with Crippen LogP contribution in [-0.4, -0.2) is 45.6 Å². The number of fused-ring (bicyclic) bond motifs is 1. The minimum Gasteiger partial charge on any atom is -0.497 e. The molecule has 1 amide bonds. The normalized spacial score (nSPS) is 15.9. The van der Waals surface area contributed by atoms with Crippen LogP contribution in [0.3, 0.4) is 0 Å². The summed E-state index contributed by atoms with van der Waals surface area (Å²) in [6.07, 6.45) is 0. The zero-order valence-electron chi connectivity index (χ0n) is 17.5. The maximum absolute atomic E-state index is 12.6. The summed E-state index contributed by atoms with van der Waals surface area (Å²) in [5, 5.41) is 7.51. The zero-order valence-corrected chi connectivity index (χ0v) is 18.3. The van der Waals surface area contributed by atoms with E-state index in [9.17, 15) is 4.79 Å². The van der Waals surface area contributed by atoms with E-state index in [2.05, 4.69) is 20.4 Å². The molecule has 0 bridgehead atoms. The standard InChI is InChI=1S/C21H23N5O3S/c1-11-8-12(2)23-21(22-11)26-20-18(13(3)25-26)19(30-10-17(27)24-20)15-9-14(28-4)6-7-16(15)29-5/h6-9,19H,10H2,1-5H3,(H,24,27). The molecule has 1 N–H and O–H groups in total. The van der Waals surface area contributed by atoms with Crippen molar-refractivity contribution in [3.05, 3.63) is 52.5 Å². The number of thioether (sulfide) groups is 1. The van der Waals surface area contributed by atoms with Crippen LogP contribution in [0, 0.1) is 20.8 Å². The molecule has 9 heteroatoms. The average Bonchev–Trinajstić information content (AvgIpc) is 2.92. The molecule has 0 radical (unpaired) electrons. The molecule has 0 aliphatic carbocycles. The Labute approximate surface area is 179 Å². The molecule has 1 aliphatic rings. The summed E-state index contributed by atoms with van der Waals surface area (Å²) < 4.78 is 12.7. The van der Waals surface area contributed by atoms with Crippen molar-refractivity contribution in [3.8, 4) is 17.4 Å². The molecule has 0 saturated heterocycles. The lowest BCUT2D eigenvalue weighted by molar-refractivity contribution is -0.113. The molecular weight excluding hydrogens is 402 g/mol. The monoisotopic (exact) mass is 425 g/mol. The number of carbonyl (C=O) groups excluding carboxylic acids is 1. The van der Waals surface area contributed by atoms with E-state index in [-0.39, 0.29) is 11.2 Å². The van der Waals surface area contributed by atoms with Gasteiger partial charge in [0.25, 0.3) is 5.95 Å². The van der Waals surface area contributed by atoms with E-state index in [4.69, 9.17) is 9.47 Å². The van der Waals surface area contributed by atoms with Crippen molar-refractivity contribution in [1.82, 2.24) is 19.7 Å². The second-order valence-electron chi connectivity index (χ2n) is 7.06. The Morgan fingerprint density at radius 3 is 2.50 bits per heavy atom. The van der Waals surface area contributed by atoms with Crippen molar-refractivity contribution in [2.45, 2.75) is 26.0 Å². The van der Waals surface area contributed by atoms with Gasteiger partial charge in [0.2, 0.25) is 5.91 Å². The van der Waals surface area contributed by atoms with Gasteiger partial charge in [-0.25, -0.2) is 9.97 Å². The molecule has 8 nitrogen and oxygen atoms in total. The third kappa shape index (κ3) is 3.60. The quantitative estimate of drug-likeness (QED) is 0.685. The SMILES string of the molecule is COc1ccc(OC)c(C2SCC(=O)Nc3c2c(C)nn3-c2nc(C)cc(C)n2)c1. The van der Waals surface area contributed by atoms with Crippen LogP contribution in [0.2, 0.25) is 0 Å². The predicted octanol–water partition coefficient (Wildman–Crippen LogP) is 3.38. The lowest BCUT2D eigenvalue weighted by Crippen LogP contribution is -2.17. The first kappa shape index (κ1) is 20.2. The van der Waals surface area contributed by atoms with Gasteiger partial charge < -0.3 is 14.8 Å². The number of hydrogen-bond acceptors (Lipinski definition) is 7. The van der Waals surface area contributed by atoms with Crippen molar-refractivity contribution < 1.29 is 14.3 Å². The van der Waals surface area contributed by atoms with E-state index in [0.717, 1.165) is 39.7 Å². The van der Waals surface area contributed by atoms with Crippen molar-refractivity contribution in [1.29, 1.82) is 0 Å². The highest BCUT2D eigenvalue weighted by Gasteiger charge is 2.33. The molecule has 0 fully saturated rings. The van der Waals surface area contributed by atoms with Crippen LogP contribution in [0.4, 0.5) is 5.82 Å². The van der Waals surface area contributed by atoms with Gasteiger partial charge in [-0.1, -0.05) is 0 Å². The highest BCUT2D eigenvalue weighted by atomic mass is 32.2. The fourth-order valence-electron chi connectivity index (χ4n) is 3.62. The summed E-state index contributed by atoms with van der Waals surface area (Å²) in [7, 11) is 3.26. The summed E-state index contributed by atoms with van der Waals surface area (Å²) >= 11 is 1.52. The van der Waals surface area contributed by atoms with Crippen LogP contribution in [0.5, 0.6) is 11.5 Å². The van der Waals surface area contributed by atoms with Gasteiger partial charge in [0.05, 0.1) is 30.9 Å². The molecule has 3 heterocycles. The summed E-state index contributed by atoms with van der Waals surface area (Å²) in [4.78, 5) is 21.6. The summed E-state index contributed by atoms with van der Waals surface area (Å²) in [6.45, 7) is 5.74. The van der Waals surface area contributed by atoms with Crippen LogP contribution in [0.25, 0.3) is 5.95 Å². The highest BCUT2D eigenvalue weighted by Crippen LogP contribution is 2.47. The van der Waals surface area contributed by atoms with E-state index in [1.165, 1.54) is 11.8 Å². The predicted molar refractivity (Wildman–Crippen MR) is 116 cm³/mol. The van der Waals surface area contributed by atoms with E-state index in [1.807, 2.05) is 45.0 Å². The van der Waals surface area contributed by atoms with E-state index in [1.54, 1.807) is 18.9 Å². The fourth-order valence-corrected chi connectivity index (χ4v) is 4.82. The molecule has 30 heavy (non-hydrogen) atoms. The fraction of sp³-hybridized carbons (Fsp3) is 0.333. The minimum atomic E-state index is -0.177. The number of hydrogen-bond donors (Lipinski definition) is 1. The third-order valence-electron chi connectivity index (χ3n) is 4.89. The molecule has 1 unspecified atom stereocenters. The van der Waals surface area contributed by atoms with Crippen LogP contribution in [0.15, 0.2) is 24.3 Å². The number of aryl methyl sites for hydroxylation is 3. The van der Waals surface area contributed by atoms with Crippen molar-refractivity contribution in [2.24, 2.45) is 0 Å². The number of methoxy groups -OCH3 is 2. The zero-order chi connectivity index (χ0) is 21.4. The van der Waals surface area contributed by atoms with Gasteiger partial charge in [-0.2, -0.15) is 9.78 Å². The Morgan fingerprint density at radius 2 is 1.83 bits per heavy atom. The lowest BCUT2D eigenvalue weighted by Gasteiger charge is -2.19. The second kappa shape index (κ2) is 7.98. The van der Waals surface area contributed by atoms with Crippen LogP contribution < -0.4 is 14.8 Å². The van der Waals surface area contributed by atoms with E-state index in [0.29, 0.717) is 17.5 Å². The molecule has 2 aromatic heterocycles. The number of anilines is 1. The van der Waals surface area contributed by atoms with Gasteiger partial charge in [-0.3, -0.25) is 4.79 Å². The molecule has 1 aromatic carbocycles. The molecule has 0 saturated carbocycles. The van der Waals surface area contributed by atoms with Crippen molar-refractivity contribution in [2.75, 3.05) is 25.3 Å². The van der Waals surface area contributed by atoms with Gasteiger partial charge in [-0.15, -0.1) is 11.8 Å². The number of rotatable bonds is 4. The Kier molecular flexibility index (Phi) is 5.38. The Hall–Kier alpha value is -3.07. The van der Waals surface area contributed by atoms with Crippen molar-refractivity contribution in [3.63, 3.8) is 0 Å². The van der Waals surface area contributed by atoms with Gasteiger partial charge >= 0.3 is 0 Å². The van der Waals surface area contributed by atoms with Gasteiger partial charge in [0, 0.05) is 22.5 Å². The van der Waals surface area contributed by atoms with Crippen LogP contribution in [0.1, 0.15) is 33.5 Å². The maximum atomic E-state index is 12.6. The molecular formula is C21H23N5O3S. The number of carbonyl (C=O) groups is 1. The molecule has 0 spiro atoms. The number of nitrogens with zero attached hydrogens (tertiary/aromatic N) is 4. The first-order valence-corrected chi connectivity index (χ1v) is 10.5. The van der Waals surface area contributed by atoms with E-state index >= 15 is 0 Å². The molecule has 1 aliphatic heterocycles. The summed E-state index contributed by atoms with van der Waals surface area (Å²) in [5.41, 5.74) is 4.28. The summed E-state index contributed by atoms with van der Waals surface area (Å²) in [5.74, 6) is 2.66. The highest BCUT2D eigenvalue weighted by molar-refractivity contribution is 8.00.